The van der Waals surface area contributed by atoms with Gasteiger partial charge in [-0.2, -0.15) is 13.2 Å². The Balaban J connectivity index is 1.84. The molecule has 0 saturated carbocycles. The Morgan fingerprint density at radius 2 is 1.70 bits per heavy atom. The van der Waals surface area contributed by atoms with E-state index in [4.69, 9.17) is 9.47 Å². The molecule has 1 aromatic heterocycles. The van der Waals surface area contributed by atoms with Crippen LogP contribution in [0.25, 0.3) is 0 Å². The Kier molecular flexibility index (Phi) is 10.6. The summed E-state index contributed by atoms with van der Waals surface area (Å²) in [5.41, 5.74) is 0.999. The molecule has 6 nitrogen and oxygen atoms in total. The molecule has 0 N–H and O–H groups in total. The Bertz CT molecular complexity index is 1310. The van der Waals surface area contributed by atoms with E-state index >= 15 is 0 Å². The molecule has 0 saturated heterocycles. The first kappa shape index (κ1) is 31.0. The summed E-state index contributed by atoms with van der Waals surface area (Å²) in [4.78, 5) is 31.1. The number of hydrogen-bond acceptors (Lipinski definition) is 5. The molecule has 10 heteroatoms. The predicted octanol–water partition coefficient (Wildman–Crippen LogP) is 6.46. The van der Waals surface area contributed by atoms with Gasteiger partial charge >= 0.3 is 6.18 Å². The first-order valence-electron chi connectivity index (χ1n) is 12.9. The number of aryl methyl sites for hydroxylation is 1. The highest BCUT2D eigenvalue weighted by molar-refractivity contribution is 7.10. The second kappa shape index (κ2) is 13.7. The maximum atomic E-state index is 13.7. The minimum Gasteiger partial charge on any atom is -0.493 e. The molecule has 0 spiro atoms. The van der Waals surface area contributed by atoms with Crippen molar-refractivity contribution in [2.45, 2.75) is 39.9 Å². The number of carbonyl (C=O) groups excluding carboxylic acids is 2. The number of rotatable bonds is 12. The van der Waals surface area contributed by atoms with Crippen molar-refractivity contribution in [2.24, 2.45) is 5.92 Å². The van der Waals surface area contributed by atoms with Gasteiger partial charge in [-0.1, -0.05) is 26.0 Å². The Labute approximate surface area is 237 Å². The molecule has 0 unspecified atom stereocenters. The first-order chi connectivity index (χ1) is 18.9. The van der Waals surface area contributed by atoms with Crippen molar-refractivity contribution >= 4 is 23.2 Å². The standard InChI is InChI=1S/C30H35F3N2O4S/c1-20(2)17-35(29(37)23-7-6-8-24(16-23)30(31,32)33)19-28(36)34(18-27-21(3)12-14-40-27)13-11-22-9-10-25(38-4)26(15-22)39-5/h6-10,12,14-16,20H,11,13,17-19H2,1-5H3. The molecule has 2 aromatic carbocycles. The van der Waals surface area contributed by atoms with Gasteiger partial charge < -0.3 is 19.3 Å². The Morgan fingerprint density at radius 3 is 2.30 bits per heavy atom. The van der Waals surface area contributed by atoms with Crippen LogP contribution in [-0.4, -0.2) is 55.5 Å². The maximum Gasteiger partial charge on any atom is 0.416 e. The third-order valence-corrected chi connectivity index (χ3v) is 7.42. The zero-order chi connectivity index (χ0) is 29.4. The van der Waals surface area contributed by atoms with E-state index in [1.54, 1.807) is 30.5 Å². The highest BCUT2D eigenvalue weighted by Gasteiger charge is 2.32. The average molecular weight is 577 g/mol. The fourth-order valence-corrected chi connectivity index (χ4v) is 5.19. The molecule has 2 amide bonds. The molecule has 0 fully saturated rings. The van der Waals surface area contributed by atoms with E-state index in [9.17, 15) is 22.8 Å². The van der Waals surface area contributed by atoms with Gasteiger partial charge in [-0.3, -0.25) is 9.59 Å². The highest BCUT2D eigenvalue weighted by atomic mass is 32.1. The monoisotopic (exact) mass is 576 g/mol. The number of alkyl halides is 3. The second-order valence-corrected chi connectivity index (χ2v) is 10.9. The number of benzene rings is 2. The maximum absolute atomic E-state index is 13.7. The quantitative estimate of drug-likeness (QED) is 0.248. The zero-order valence-electron chi connectivity index (χ0n) is 23.4. The predicted molar refractivity (Wildman–Crippen MR) is 150 cm³/mol. The molecule has 0 bridgehead atoms. The van der Waals surface area contributed by atoms with Gasteiger partial charge in [-0.25, -0.2) is 0 Å². The molecule has 40 heavy (non-hydrogen) atoms. The number of carbonyl (C=O) groups is 2. The van der Waals surface area contributed by atoms with Crippen LogP contribution in [0.1, 0.15) is 45.8 Å². The lowest BCUT2D eigenvalue weighted by Gasteiger charge is -2.29. The van der Waals surface area contributed by atoms with Crippen LogP contribution < -0.4 is 9.47 Å². The van der Waals surface area contributed by atoms with E-state index in [2.05, 4.69) is 0 Å². The topological polar surface area (TPSA) is 59.1 Å². The fourth-order valence-electron chi connectivity index (χ4n) is 4.27. The van der Waals surface area contributed by atoms with Crippen molar-refractivity contribution < 1.29 is 32.2 Å². The van der Waals surface area contributed by atoms with E-state index in [0.29, 0.717) is 31.0 Å². The van der Waals surface area contributed by atoms with E-state index in [0.717, 1.165) is 28.1 Å². The first-order valence-corrected chi connectivity index (χ1v) is 13.8. The van der Waals surface area contributed by atoms with Crippen molar-refractivity contribution in [1.82, 2.24) is 9.80 Å². The van der Waals surface area contributed by atoms with Gasteiger partial charge in [-0.05, 0) is 72.2 Å². The third kappa shape index (κ3) is 8.24. The summed E-state index contributed by atoms with van der Waals surface area (Å²) in [5, 5.41) is 1.96. The minimum absolute atomic E-state index is 0.00213. The van der Waals surface area contributed by atoms with E-state index < -0.39 is 17.6 Å². The van der Waals surface area contributed by atoms with Gasteiger partial charge in [-0.15, -0.1) is 11.3 Å². The van der Waals surface area contributed by atoms with Crippen LogP contribution in [0.3, 0.4) is 0 Å². The second-order valence-electron chi connectivity index (χ2n) is 9.94. The Morgan fingerprint density at radius 1 is 0.975 bits per heavy atom. The van der Waals surface area contributed by atoms with Crippen LogP contribution in [0.5, 0.6) is 11.5 Å². The summed E-state index contributed by atoms with van der Waals surface area (Å²) in [6, 6.07) is 11.9. The average Bonchev–Trinajstić information content (AvgIpc) is 3.33. The Hall–Kier alpha value is -3.53. The molecule has 3 aromatic rings. The van der Waals surface area contributed by atoms with E-state index in [-0.39, 0.29) is 30.5 Å². The lowest BCUT2D eigenvalue weighted by Crippen LogP contribution is -2.44. The van der Waals surface area contributed by atoms with Crippen molar-refractivity contribution in [3.8, 4) is 11.5 Å². The minimum atomic E-state index is -4.57. The number of thiophene rings is 1. The van der Waals surface area contributed by atoms with Crippen LogP contribution >= 0.6 is 11.3 Å². The van der Waals surface area contributed by atoms with Crippen LogP contribution in [-0.2, 0) is 23.9 Å². The summed E-state index contributed by atoms with van der Waals surface area (Å²) in [6.45, 7) is 6.47. The SMILES string of the molecule is COc1ccc(CCN(Cc2sccc2C)C(=O)CN(CC(C)C)C(=O)c2cccc(C(F)(F)F)c2)cc1OC. The third-order valence-electron chi connectivity index (χ3n) is 6.41. The number of ether oxygens (including phenoxy) is 2. The van der Waals surface area contributed by atoms with Crippen LogP contribution in [0.15, 0.2) is 53.9 Å². The van der Waals surface area contributed by atoms with Crippen LogP contribution in [0.4, 0.5) is 13.2 Å². The van der Waals surface area contributed by atoms with Gasteiger partial charge in [0.2, 0.25) is 5.91 Å². The van der Waals surface area contributed by atoms with Crippen molar-refractivity contribution in [3.63, 3.8) is 0 Å². The number of methoxy groups -OCH3 is 2. The number of halogens is 3. The smallest absolute Gasteiger partial charge is 0.416 e. The lowest BCUT2D eigenvalue weighted by molar-refractivity contribution is -0.137. The van der Waals surface area contributed by atoms with E-state index in [1.165, 1.54) is 17.0 Å². The van der Waals surface area contributed by atoms with Gasteiger partial charge in [0.05, 0.1) is 26.3 Å². The van der Waals surface area contributed by atoms with Crippen molar-refractivity contribution in [1.29, 1.82) is 0 Å². The summed E-state index contributed by atoms with van der Waals surface area (Å²) in [5.74, 6) is 0.296. The lowest BCUT2D eigenvalue weighted by atomic mass is 10.1. The van der Waals surface area contributed by atoms with Gasteiger partial charge in [0.25, 0.3) is 5.91 Å². The highest BCUT2D eigenvalue weighted by Crippen LogP contribution is 2.30. The molecule has 3 rings (SSSR count). The molecule has 0 aliphatic carbocycles. The molecule has 0 aliphatic rings. The molecule has 216 valence electrons. The van der Waals surface area contributed by atoms with Gasteiger partial charge in [0.15, 0.2) is 11.5 Å². The molecular formula is C30H35F3N2O4S. The normalized spacial score (nSPS) is 11.4. The van der Waals surface area contributed by atoms with Crippen molar-refractivity contribution in [3.05, 3.63) is 81.0 Å². The van der Waals surface area contributed by atoms with Gasteiger partial charge in [0, 0.05) is 23.5 Å². The molecule has 0 aliphatic heterocycles. The number of hydrogen-bond donors (Lipinski definition) is 0. The summed E-state index contributed by atoms with van der Waals surface area (Å²) < 4.78 is 50.6. The number of nitrogens with zero attached hydrogens (tertiary/aromatic N) is 2. The van der Waals surface area contributed by atoms with Crippen LogP contribution in [0.2, 0.25) is 0 Å². The summed E-state index contributed by atoms with van der Waals surface area (Å²) in [7, 11) is 3.12. The van der Waals surface area contributed by atoms with E-state index in [1.807, 2.05) is 50.4 Å². The molecule has 0 atom stereocenters. The molecular weight excluding hydrogens is 541 g/mol. The summed E-state index contributed by atoms with van der Waals surface area (Å²) in [6.07, 6.45) is -4.04. The fraction of sp³-hybridized carbons (Fsp3) is 0.400. The van der Waals surface area contributed by atoms with Crippen molar-refractivity contribution in [2.75, 3.05) is 33.9 Å². The zero-order valence-corrected chi connectivity index (χ0v) is 24.2. The van der Waals surface area contributed by atoms with Crippen LogP contribution in [0, 0.1) is 12.8 Å². The molecule has 0 radical (unpaired) electrons. The largest absolute Gasteiger partial charge is 0.493 e. The molecule has 1 heterocycles. The number of amides is 2. The van der Waals surface area contributed by atoms with Gasteiger partial charge in [0.1, 0.15) is 6.54 Å². The summed E-state index contributed by atoms with van der Waals surface area (Å²) >= 11 is 1.55.